The Hall–Kier alpha value is -1.37. The molecule has 2 aromatic rings. The lowest BCUT2D eigenvalue weighted by molar-refractivity contribution is 0.141. The molecule has 34 heavy (non-hydrogen) atoms. The van der Waals surface area contributed by atoms with Crippen molar-refractivity contribution in [3.63, 3.8) is 0 Å². The van der Waals surface area contributed by atoms with E-state index in [0.29, 0.717) is 22.4 Å². The second-order valence-electron chi connectivity index (χ2n) is 8.92. The lowest BCUT2D eigenvalue weighted by Gasteiger charge is -2.41. The standard InChI is InChI=1S/C22H31ClN4O4S3/c1-25(2)34(30,31)21-10-9-20(32-21)33(28,29)24-19-8-6-7-18(23)22(19)27-15-11-17(12-16-27)26-13-4-3-5-14-26/h6-10,17,24H,3-5,11-16H2,1-2H3. The molecule has 12 heteroatoms. The van der Waals surface area contributed by atoms with Gasteiger partial charge in [0, 0.05) is 33.2 Å². The lowest BCUT2D eigenvalue weighted by Crippen LogP contribution is -2.47. The average molecular weight is 547 g/mol. The topological polar surface area (TPSA) is 90.0 Å². The van der Waals surface area contributed by atoms with Crippen LogP contribution >= 0.6 is 22.9 Å². The van der Waals surface area contributed by atoms with Gasteiger partial charge in [0.1, 0.15) is 8.42 Å². The number of hydrogen-bond acceptors (Lipinski definition) is 7. The smallest absolute Gasteiger partial charge is 0.271 e. The molecule has 1 aromatic heterocycles. The normalized spacial score (nSPS) is 19.0. The Morgan fingerprint density at radius 2 is 1.59 bits per heavy atom. The summed E-state index contributed by atoms with van der Waals surface area (Å²) in [7, 11) is -4.88. The highest BCUT2D eigenvalue weighted by Crippen LogP contribution is 2.38. The molecule has 2 aliphatic heterocycles. The van der Waals surface area contributed by atoms with Crippen molar-refractivity contribution in [2.45, 2.75) is 46.6 Å². The van der Waals surface area contributed by atoms with E-state index < -0.39 is 20.0 Å². The van der Waals surface area contributed by atoms with Gasteiger partial charge in [-0.2, -0.15) is 0 Å². The fourth-order valence-corrected chi connectivity index (χ4v) is 8.91. The van der Waals surface area contributed by atoms with E-state index in [-0.39, 0.29) is 8.42 Å². The molecule has 3 heterocycles. The summed E-state index contributed by atoms with van der Waals surface area (Å²) in [6.07, 6.45) is 5.85. The Kier molecular flexibility index (Phi) is 7.80. The molecule has 0 amide bonds. The zero-order valence-corrected chi connectivity index (χ0v) is 22.6. The van der Waals surface area contributed by atoms with Gasteiger partial charge in [0.15, 0.2) is 0 Å². The summed E-state index contributed by atoms with van der Waals surface area (Å²) in [6.45, 7) is 3.91. The molecular formula is C22H31ClN4O4S3. The molecule has 0 bridgehead atoms. The molecule has 0 radical (unpaired) electrons. The number of sulfonamides is 2. The van der Waals surface area contributed by atoms with Crippen LogP contribution in [0.3, 0.4) is 0 Å². The first kappa shape index (κ1) is 25.7. The summed E-state index contributed by atoms with van der Waals surface area (Å²) in [4.78, 5) is 4.74. The fraction of sp³-hybridized carbons (Fsp3) is 0.545. The fourth-order valence-electron chi connectivity index (χ4n) is 4.62. The number of nitrogens with one attached hydrogen (secondary N) is 1. The van der Waals surface area contributed by atoms with Gasteiger partial charge in [-0.3, -0.25) is 4.72 Å². The van der Waals surface area contributed by atoms with Crippen LogP contribution in [-0.4, -0.2) is 72.4 Å². The van der Waals surface area contributed by atoms with E-state index in [2.05, 4.69) is 14.5 Å². The first-order chi connectivity index (χ1) is 16.1. The van der Waals surface area contributed by atoms with Gasteiger partial charge in [0.25, 0.3) is 20.0 Å². The molecular weight excluding hydrogens is 516 g/mol. The minimum Gasteiger partial charge on any atom is -0.369 e. The van der Waals surface area contributed by atoms with Crippen molar-refractivity contribution in [3.05, 3.63) is 35.4 Å². The van der Waals surface area contributed by atoms with E-state index in [1.54, 1.807) is 18.2 Å². The third-order valence-corrected chi connectivity index (χ3v) is 12.0. The van der Waals surface area contributed by atoms with Crippen molar-refractivity contribution in [3.8, 4) is 0 Å². The number of likely N-dealkylation sites (tertiary alicyclic amines) is 1. The van der Waals surface area contributed by atoms with Crippen molar-refractivity contribution in [1.82, 2.24) is 9.21 Å². The van der Waals surface area contributed by atoms with Crippen LogP contribution in [-0.2, 0) is 20.0 Å². The summed E-state index contributed by atoms with van der Waals surface area (Å²) < 4.78 is 54.6. The highest BCUT2D eigenvalue weighted by Gasteiger charge is 2.29. The molecule has 2 saturated heterocycles. The molecule has 188 valence electrons. The highest BCUT2D eigenvalue weighted by atomic mass is 35.5. The van der Waals surface area contributed by atoms with Crippen LogP contribution in [0.4, 0.5) is 11.4 Å². The number of rotatable bonds is 7. The van der Waals surface area contributed by atoms with Crippen LogP contribution < -0.4 is 9.62 Å². The summed E-state index contributed by atoms with van der Waals surface area (Å²) in [6, 6.07) is 8.36. The zero-order valence-electron chi connectivity index (χ0n) is 19.4. The molecule has 1 aromatic carbocycles. The number of para-hydroxylation sites is 1. The third kappa shape index (κ3) is 5.39. The van der Waals surface area contributed by atoms with Crippen LogP contribution in [0, 0.1) is 0 Å². The largest absolute Gasteiger partial charge is 0.369 e. The van der Waals surface area contributed by atoms with Crippen molar-refractivity contribution >= 4 is 54.4 Å². The summed E-state index contributed by atoms with van der Waals surface area (Å²) >= 11 is 7.28. The molecule has 4 rings (SSSR count). The Balaban J connectivity index is 1.53. The molecule has 0 saturated carbocycles. The van der Waals surface area contributed by atoms with Gasteiger partial charge in [0.05, 0.1) is 16.4 Å². The number of thiophene rings is 1. The van der Waals surface area contributed by atoms with E-state index in [4.69, 9.17) is 11.6 Å². The molecule has 2 fully saturated rings. The predicted molar refractivity (Wildman–Crippen MR) is 138 cm³/mol. The SMILES string of the molecule is CN(C)S(=O)(=O)c1ccc(S(=O)(=O)Nc2cccc(Cl)c2N2CCC(N3CCCCC3)CC2)s1. The van der Waals surface area contributed by atoms with Crippen molar-refractivity contribution in [2.75, 3.05) is 49.9 Å². The first-order valence-electron chi connectivity index (χ1n) is 11.4. The molecule has 0 aliphatic carbocycles. The molecule has 0 atom stereocenters. The lowest BCUT2D eigenvalue weighted by atomic mass is 9.99. The first-order valence-corrected chi connectivity index (χ1v) is 15.5. The second kappa shape index (κ2) is 10.3. The highest BCUT2D eigenvalue weighted by molar-refractivity contribution is 7.96. The van der Waals surface area contributed by atoms with Gasteiger partial charge in [0.2, 0.25) is 0 Å². The van der Waals surface area contributed by atoms with Gasteiger partial charge in [-0.05, 0) is 63.0 Å². The predicted octanol–water partition coefficient (Wildman–Crippen LogP) is 3.91. The average Bonchev–Trinajstić information content (AvgIpc) is 3.32. The number of halogens is 1. The Bertz CT molecular complexity index is 1220. The minimum atomic E-state index is -3.99. The zero-order chi connectivity index (χ0) is 24.5. The van der Waals surface area contributed by atoms with Crippen LogP contribution in [0.15, 0.2) is 38.8 Å². The van der Waals surface area contributed by atoms with Crippen LogP contribution in [0.1, 0.15) is 32.1 Å². The maximum Gasteiger partial charge on any atom is 0.271 e. The Morgan fingerprint density at radius 3 is 2.24 bits per heavy atom. The van der Waals surface area contributed by atoms with Gasteiger partial charge in [-0.25, -0.2) is 21.1 Å². The molecule has 8 nitrogen and oxygen atoms in total. The van der Waals surface area contributed by atoms with E-state index in [1.165, 1.54) is 45.5 Å². The molecule has 0 spiro atoms. The van der Waals surface area contributed by atoms with Crippen LogP contribution in [0.25, 0.3) is 0 Å². The number of nitrogens with zero attached hydrogens (tertiary/aromatic N) is 3. The number of hydrogen-bond donors (Lipinski definition) is 1. The molecule has 0 unspecified atom stereocenters. The maximum atomic E-state index is 13.1. The maximum absolute atomic E-state index is 13.1. The Labute approximate surface area is 211 Å². The van der Waals surface area contributed by atoms with Crippen LogP contribution in [0.5, 0.6) is 0 Å². The minimum absolute atomic E-state index is 0.0241. The van der Waals surface area contributed by atoms with Crippen molar-refractivity contribution < 1.29 is 16.8 Å². The van der Waals surface area contributed by atoms with Gasteiger partial charge in [-0.15, -0.1) is 11.3 Å². The summed E-state index contributed by atoms with van der Waals surface area (Å²) in [5.74, 6) is 0. The molecule has 2 aliphatic rings. The quantitative estimate of drug-likeness (QED) is 0.566. The van der Waals surface area contributed by atoms with E-state index in [1.807, 2.05) is 0 Å². The third-order valence-electron chi connectivity index (χ3n) is 6.48. The van der Waals surface area contributed by atoms with Gasteiger partial charge in [-0.1, -0.05) is 24.1 Å². The van der Waals surface area contributed by atoms with E-state index >= 15 is 0 Å². The van der Waals surface area contributed by atoms with Gasteiger partial charge < -0.3 is 9.80 Å². The van der Waals surface area contributed by atoms with Gasteiger partial charge >= 0.3 is 0 Å². The Morgan fingerprint density at radius 1 is 0.941 bits per heavy atom. The summed E-state index contributed by atoms with van der Waals surface area (Å²) in [5.41, 5.74) is 1.07. The molecule has 1 N–H and O–H groups in total. The van der Waals surface area contributed by atoms with Crippen molar-refractivity contribution in [2.24, 2.45) is 0 Å². The van der Waals surface area contributed by atoms with E-state index in [0.717, 1.165) is 54.7 Å². The van der Waals surface area contributed by atoms with E-state index in [9.17, 15) is 16.8 Å². The van der Waals surface area contributed by atoms with Crippen LogP contribution in [0.2, 0.25) is 5.02 Å². The van der Waals surface area contributed by atoms with Crippen molar-refractivity contribution in [1.29, 1.82) is 0 Å². The number of benzene rings is 1. The number of piperidine rings is 2. The second-order valence-corrected chi connectivity index (χ2v) is 14.7. The summed E-state index contributed by atoms with van der Waals surface area (Å²) in [5, 5.41) is 0.485. The monoisotopic (exact) mass is 546 g/mol. The number of anilines is 2.